The predicted molar refractivity (Wildman–Crippen MR) is 81.1 cm³/mol. The molecular formula is C14H31ClOSi. The van der Waals surface area contributed by atoms with Gasteiger partial charge in [0, 0.05) is 6.61 Å². The SMILES string of the molecule is CCCCCCCCO[Si](Cl)(C(C)C)C(C)C. The molecule has 0 radical (unpaired) electrons. The van der Waals surface area contributed by atoms with Gasteiger partial charge in [0.05, 0.1) is 0 Å². The number of rotatable bonds is 10. The van der Waals surface area contributed by atoms with E-state index in [0.717, 1.165) is 6.61 Å². The molecule has 0 rings (SSSR count). The first-order valence-corrected chi connectivity index (χ1v) is 10.4. The van der Waals surface area contributed by atoms with E-state index in [4.69, 9.17) is 15.5 Å². The van der Waals surface area contributed by atoms with Crippen molar-refractivity contribution in [3.8, 4) is 0 Å². The molecule has 17 heavy (non-hydrogen) atoms. The summed E-state index contributed by atoms with van der Waals surface area (Å²) in [6.07, 6.45) is 7.86. The van der Waals surface area contributed by atoms with Gasteiger partial charge in [-0.15, -0.1) is 11.1 Å². The van der Waals surface area contributed by atoms with Crippen LogP contribution >= 0.6 is 11.1 Å². The van der Waals surface area contributed by atoms with Gasteiger partial charge in [0.2, 0.25) is 0 Å². The Morgan fingerprint density at radius 3 is 1.82 bits per heavy atom. The highest BCUT2D eigenvalue weighted by Crippen LogP contribution is 2.36. The third-order valence-corrected chi connectivity index (χ3v) is 10.1. The predicted octanol–water partition coefficient (Wildman–Crippen LogP) is 5.86. The van der Waals surface area contributed by atoms with E-state index < -0.39 is 7.63 Å². The second-order valence-electron chi connectivity index (χ2n) is 5.62. The Morgan fingerprint density at radius 1 is 0.882 bits per heavy atom. The van der Waals surface area contributed by atoms with Gasteiger partial charge in [-0.2, -0.15) is 0 Å². The number of unbranched alkanes of at least 4 members (excludes halogenated alkanes) is 5. The largest absolute Gasteiger partial charge is 0.403 e. The second-order valence-corrected chi connectivity index (χ2v) is 11.4. The highest BCUT2D eigenvalue weighted by molar-refractivity contribution is 7.18. The Bertz CT molecular complexity index is 175. The summed E-state index contributed by atoms with van der Waals surface area (Å²) >= 11 is 6.69. The van der Waals surface area contributed by atoms with Crippen molar-refractivity contribution >= 4 is 18.7 Å². The summed E-state index contributed by atoms with van der Waals surface area (Å²) in [4.78, 5) is 0. The van der Waals surface area contributed by atoms with Gasteiger partial charge in [0.1, 0.15) is 0 Å². The molecule has 104 valence electrons. The van der Waals surface area contributed by atoms with Crippen LogP contribution < -0.4 is 0 Å². The fourth-order valence-corrected chi connectivity index (χ4v) is 4.80. The molecule has 0 amide bonds. The Balaban J connectivity index is 3.70. The quantitative estimate of drug-likeness (QED) is 0.276. The van der Waals surface area contributed by atoms with E-state index in [1.54, 1.807) is 0 Å². The molecule has 0 aromatic rings. The van der Waals surface area contributed by atoms with Gasteiger partial charge >= 0.3 is 0 Å². The molecule has 0 bridgehead atoms. The first kappa shape index (κ1) is 17.5. The zero-order valence-electron chi connectivity index (χ0n) is 12.4. The smallest absolute Gasteiger partial charge is 0.295 e. The molecule has 0 aromatic heterocycles. The molecule has 0 N–H and O–H groups in total. The Kier molecular flexibility index (Phi) is 9.66. The highest BCUT2D eigenvalue weighted by atomic mass is 35.6. The van der Waals surface area contributed by atoms with Crippen molar-refractivity contribution in [1.29, 1.82) is 0 Å². The summed E-state index contributed by atoms with van der Waals surface area (Å²) in [5, 5.41) is 0. The van der Waals surface area contributed by atoms with E-state index >= 15 is 0 Å². The van der Waals surface area contributed by atoms with Crippen LogP contribution in [0, 0.1) is 0 Å². The van der Waals surface area contributed by atoms with Crippen molar-refractivity contribution in [2.24, 2.45) is 0 Å². The van der Waals surface area contributed by atoms with Crippen LogP contribution in [0.4, 0.5) is 0 Å². The summed E-state index contributed by atoms with van der Waals surface area (Å²) in [5.74, 6) is 0. The van der Waals surface area contributed by atoms with Gasteiger partial charge in [-0.25, -0.2) is 0 Å². The average Bonchev–Trinajstić information content (AvgIpc) is 2.27. The Labute approximate surface area is 114 Å². The topological polar surface area (TPSA) is 9.23 Å². The summed E-state index contributed by atoms with van der Waals surface area (Å²) in [6, 6.07) is 0. The monoisotopic (exact) mass is 278 g/mol. The van der Waals surface area contributed by atoms with E-state index in [9.17, 15) is 0 Å². The Morgan fingerprint density at radius 2 is 1.35 bits per heavy atom. The Hall–Kier alpha value is 0.467. The molecule has 0 spiro atoms. The summed E-state index contributed by atoms with van der Waals surface area (Å²) in [5.41, 5.74) is 0.980. The lowest BCUT2D eigenvalue weighted by molar-refractivity contribution is 0.288. The van der Waals surface area contributed by atoms with E-state index in [1.807, 2.05) is 0 Å². The van der Waals surface area contributed by atoms with Gasteiger partial charge in [0.25, 0.3) is 7.63 Å². The van der Waals surface area contributed by atoms with Gasteiger partial charge in [-0.3, -0.25) is 0 Å². The van der Waals surface area contributed by atoms with Crippen LogP contribution in [0.3, 0.4) is 0 Å². The van der Waals surface area contributed by atoms with Crippen molar-refractivity contribution in [3.63, 3.8) is 0 Å². The third-order valence-electron chi connectivity index (χ3n) is 3.40. The van der Waals surface area contributed by atoms with Crippen molar-refractivity contribution in [1.82, 2.24) is 0 Å². The molecule has 0 fully saturated rings. The normalized spacial score (nSPS) is 12.7. The van der Waals surface area contributed by atoms with Crippen LogP contribution in [0.25, 0.3) is 0 Å². The molecule has 0 saturated carbocycles. The van der Waals surface area contributed by atoms with Crippen molar-refractivity contribution in [2.45, 2.75) is 84.2 Å². The maximum absolute atomic E-state index is 6.69. The van der Waals surface area contributed by atoms with Crippen molar-refractivity contribution in [3.05, 3.63) is 0 Å². The molecule has 0 unspecified atom stereocenters. The molecule has 1 nitrogen and oxygen atoms in total. The van der Waals surface area contributed by atoms with Crippen LogP contribution in [0.5, 0.6) is 0 Å². The molecule has 0 aliphatic carbocycles. The molecule has 0 aliphatic heterocycles. The van der Waals surface area contributed by atoms with Crippen molar-refractivity contribution in [2.75, 3.05) is 6.61 Å². The van der Waals surface area contributed by atoms with Gasteiger partial charge in [0.15, 0.2) is 0 Å². The van der Waals surface area contributed by atoms with E-state index in [2.05, 4.69) is 34.6 Å². The minimum absolute atomic E-state index is 0.490. The number of hydrogen-bond acceptors (Lipinski definition) is 1. The summed E-state index contributed by atoms with van der Waals surface area (Å²) in [6.45, 7) is 11.9. The van der Waals surface area contributed by atoms with Crippen molar-refractivity contribution < 1.29 is 4.43 Å². The van der Waals surface area contributed by atoms with E-state index in [0.29, 0.717) is 11.1 Å². The van der Waals surface area contributed by atoms with Crippen LogP contribution in [0.1, 0.15) is 73.1 Å². The maximum Gasteiger partial charge on any atom is 0.295 e. The molecule has 0 atom stereocenters. The highest BCUT2D eigenvalue weighted by Gasteiger charge is 2.40. The number of halogens is 1. The third kappa shape index (κ3) is 6.83. The second kappa shape index (κ2) is 9.40. The van der Waals surface area contributed by atoms with Crippen LogP contribution in [-0.4, -0.2) is 14.2 Å². The zero-order chi connectivity index (χ0) is 13.3. The van der Waals surface area contributed by atoms with Crippen LogP contribution in [-0.2, 0) is 4.43 Å². The fourth-order valence-electron chi connectivity index (χ4n) is 2.11. The van der Waals surface area contributed by atoms with E-state index in [1.165, 1.54) is 38.5 Å². The maximum atomic E-state index is 6.69. The van der Waals surface area contributed by atoms with Gasteiger partial charge < -0.3 is 4.43 Å². The van der Waals surface area contributed by atoms with Crippen LogP contribution in [0.2, 0.25) is 11.1 Å². The molecule has 3 heteroatoms. The lowest BCUT2D eigenvalue weighted by Gasteiger charge is -2.32. The average molecular weight is 279 g/mol. The minimum atomic E-state index is -2.01. The lowest BCUT2D eigenvalue weighted by atomic mass is 10.1. The number of hydrogen-bond donors (Lipinski definition) is 0. The van der Waals surface area contributed by atoms with E-state index in [-0.39, 0.29) is 0 Å². The van der Waals surface area contributed by atoms with Gasteiger partial charge in [-0.1, -0.05) is 66.7 Å². The fraction of sp³-hybridized carbons (Fsp3) is 1.00. The first-order valence-electron chi connectivity index (χ1n) is 7.28. The first-order chi connectivity index (χ1) is 7.95. The lowest BCUT2D eigenvalue weighted by Crippen LogP contribution is -2.39. The summed E-state index contributed by atoms with van der Waals surface area (Å²) < 4.78 is 6.06. The molecule has 0 heterocycles. The van der Waals surface area contributed by atoms with Crippen LogP contribution in [0.15, 0.2) is 0 Å². The summed E-state index contributed by atoms with van der Waals surface area (Å²) in [7, 11) is -2.01. The minimum Gasteiger partial charge on any atom is -0.403 e. The standard InChI is InChI=1S/C14H31ClOSi/c1-6-7-8-9-10-11-12-16-17(15,13(2)3)14(4)5/h13-14H,6-12H2,1-5H3. The molecular weight excluding hydrogens is 248 g/mol. The molecule has 0 aliphatic rings. The zero-order valence-corrected chi connectivity index (χ0v) is 14.1. The molecule has 0 aromatic carbocycles. The van der Waals surface area contributed by atoms with Gasteiger partial charge in [-0.05, 0) is 17.5 Å². The molecule has 0 saturated heterocycles.